The van der Waals surface area contributed by atoms with Gasteiger partial charge in [0.05, 0.1) is 12.2 Å². The topological polar surface area (TPSA) is 69.6 Å². The van der Waals surface area contributed by atoms with E-state index in [1.54, 1.807) is 0 Å². The third-order valence-corrected chi connectivity index (χ3v) is 6.73. The lowest BCUT2D eigenvalue weighted by atomic mass is 9.88. The molecule has 4 heteroatoms. The van der Waals surface area contributed by atoms with Gasteiger partial charge < -0.3 is 15.5 Å². The van der Waals surface area contributed by atoms with Gasteiger partial charge in [-0.1, -0.05) is 56.9 Å². The first-order chi connectivity index (χ1) is 13.9. The minimum Gasteiger partial charge on any atom is -0.392 e. The molecule has 0 aromatic carbocycles. The number of fused-ring (bicyclic) bond motifs is 1. The van der Waals surface area contributed by atoms with Gasteiger partial charge in [0.2, 0.25) is 5.91 Å². The van der Waals surface area contributed by atoms with Crippen LogP contribution < -0.4 is 5.32 Å². The molecule has 29 heavy (non-hydrogen) atoms. The number of hydrogen-bond acceptors (Lipinski definition) is 3. The van der Waals surface area contributed by atoms with E-state index in [-0.39, 0.29) is 17.9 Å². The van der Waals surface area contributed by atoms with Crippen molar-refractivity contribution in [1.29, 1.82) is 0 Å². The first-order valence-electron chi connectivity index (χ1n) is 11.9. The summed E-state index contributed by atoms with van der Waals surface area (Å²) in [6.45, 7) is 7.07. The predicted octanol–water partition coefficient (Wildman–Crippen LogP) is 4.76. The Labute approximate surface area is 177 Å². The van der Waals surface area contributed by atoms with E-state index in [0.29, 0.717) is 30.7 Å². The third-order valence-electron chi connectivity index (χ3n) is 6.73. The van der Waals surface area contributed by atoms with Crippen LogP contribution in [0.1, 0.15) is 85.0 Å². The van der Waals surface area contributed by atoms with Crippen molar-refractivity contribution in [3.63, 3.8) is 0 Å². The number of carbonyl (C=O) groups excluding carboxylic acids is 1. The molecule has 2 aliphatic carbocycles. The monoisotopic (exact) mass is 405 g/mol. The van der Waals surface area contributed by atoms with Crippen LogP contribution in [-0.4, -0.2) is 34.9 Å². The molecule has 1 saturated carbocycles. The number of rotatable bonds is 13. The van der Waals surface area contributed by atoms with Crippen LogP contribution in [0.2, 0.25) is 0 Å². The maximum atomic E-state index is 11.5. The lowest BCUT2D eigenvalue weighted by molar-refractivity contribution is -0.121. The van der Waals surface area contributed by atoms with Crippen molar-refractivity contribution in [3.05, 3.63) is 23.8 Å². The predicted molar refractivity (Wildman–Crippen MR) is 119 cm³/mol. The highest BCUT2D eigenvalue weighted by Gasteiger charge is 2.43. The van der Waals surface area contributed by atoms with Gasteiger partial charge in [-0.15, -0.1) is 0 Å². The van der Waals surface area contributed by atoms with E-state index in [1.807, 2.05) is 13.0 Å². The van der Waals surface area contributed by atoms with E-state index in [1.165, 1.54) is 24.8 Å². The zero-order valence-electron chi connectivity index (χ0n) is 18.8. The molecule has 4 nitrogen and oxygen atoms in total. The quantitative estimate of drug-likeness (QED) is 0.306. The largest absolute Gasteiger partial charge is 0.392 e. The minimum atomic E-state index is -0.406. The van der Waals surface area contributed by atoms with Crippen LogP contribution in [0, 0.1) is 23.7 Å². The molecule has 0 spiro atoms. The molecule has 6 atom stereocenters. The summed E-state index contributed by atoms with van der Waals surface area (Å²) in [7, 11) is 0. The molecule has 0 bridgehead atoms. The number of aliphatic hydroxyl groups excluding tert-OH is 2. The second-order valence-electron chi connectivity index (χ2n) is 9.33. The molecule has 0 heterocycles. The van der Waals surface area contributed by atoms with Gasteiger partial charge in [0.1, 0.15) is 0 Å². The van der Waals surface area contributed by atoms with Gasteiger partial charge in [0.25, 0.3) is 0 Å². The first kappa shape index (κ1) is 24.1. The fourth-order valence-electron chi connectivity index (χ4n) is 5.13. The second kappa shape index (κ2) is 12.5. The molecule has 1 amide bonds. The Morgan fingerprint density at radius 1 is 1.31 bits per heavy atom. The molecule has 2 rings (SSSR count). The highest BCUT2D eigenvalue weighted by molar-refractivity contribution is 5.75. The van der Waals surface area contributed by atoms with Gasteiger partial charge in [-0.05, 0) is 63.2 Å². The fraction of sp³-hybridized carbons (Fsp3) is 0.800. The number of hydrogen-bond donors (Lipinski definition) is 3. The number of aliphatic hydroxyl groups is 2. The van der Waals surface area contributed by atoms with E-state index in [9.17, 15) is 15.0 Å². The Morgan fingerprint density at radius 2 is 2.10 bits per heavy atom. The number of nitrogens with one attached hydrogen (secondary N) is 1. The average molecular weight is 406 g/mol. The Balaban J connectivity index is 1.75. The van der Waals surface area contributed by atoms with E-state index in [2.05, 4.69) is 31.3 Å². The Morgan fingerprint density at radius 3 is 2.83 bits per heavy atom. The minimum absolute atomic E-state index is 0.153. The first-order valence-corrected chi connectivity index (χ1v) is 11.9. The van der Waals surface area contributed by atoms with Crippen LogP contribution in [0.5, 0.6) is 0 Å². The van der Waals surface area contributed by atoms with Gasteiger partial charge in [0.15, 0.2) is 0 Å². The van der Waals surface area contributed by atoms with E-state index < -0.39 is 6.10 Å². The SMILES string of the molecule is CCCC[C@H](C)C[C@H](O)C=C[C@@H]1[C@H]2CC(CCCCC(=O)NCC)=C[C@H]2C[C@H]1O. The standard InChI is InChI=1S/C25H43NO3/c1-4-6-9-18(3)14-21(27)12-13-22-23-16-19(15-20(23)17-24(22)28)10-7-8-11-25(29)26-5-2/h12-13,15,18,20-24,27-28H,4-11,14,16-17H2,1-3H3,(H,26,29)/t18-,20-,21+,22+,23-,24+/m0/s1. The summed E-state index contributed by atoms with van der Waals surface area (Å²) in [5, 5.41) is 23.7. The maximum Gasteiger partial charge on any atom is 0.219 e. The average Bonchev–Trinajstić information content (AvgIpc) is 3.18. The molecule has 0 aliphatic heterocycles. The lowest BCUT2D eigenvalue weighted by Crippen LogP contribution is -2.22. The zero-order valence-corrected chi connectivity index (χ0v) is 18.8. The van der Waals surface area contributed by atoms with Crippen molar-refractivity contribution in [2.24, 2.45) is 23.7 Å². The molecular formula is C25H43NO3. The van der Waals surface area contributed by atoms with Gasteiger partial charge in [-0.3, -0.25) is 4.79 Å². The third kappa shape index (κ3) is 7.90. The molecular weight excluding hydrogens is 362 g/mol. The number of unbranched alkanes of at least 4 members (excludes halogenated alkanes) is 2. The molecule has 0 radical (unpaired) electrons. The molecule has 2 aliphatic rings. The fourth-order valence-corrected chi connectivity index (χ4v) is 5.13. The lowest BCUT2D eigenvalue weighted by Gasteiger charge is -2.19. The summed E-state index contributed by atoms with van der Waals surface area (Å²) in [5.41, 5.74) is 1.50. The Hall–Kier alpha value is -1.13. The van der Waals surface area contributed by atoms with Crippen molar-refractivity contribution in [2.75, 3.05) is 6.54 Å². The molecule has 0 aromatic heterocycles. The van der Waals surface area contributed by atoms with Gasteiger partial charge >= 0.3 is 0 Å². The molecule has 3 N–H and O–H groups in total. The van der Waals surface area contributed by atoms with Crippen LogP contribution in [0.25, 0.3) is 0 Å². The maximum absolute atomic E-state index is 11.5. The van der Waals surface area contributed by atoms with Crippen LogP contribution in [0.3, 0.4) is 0 Å². The normalized spacial score (nSPS) is 28.4. The van der Waals surface area contributed by atoms with E-state index >= 15 is 0 Å². The molecule has 1 fully saturated rings. The summed E-state index contributed by atoms with van der Waals surface area (Å²) in [6, 6.07) is 0. The van der Waals surface area contributed by atoms with Gasteiger partial charge in [-0.25, -0.2) is 0 Å². The van der Waals surface area contributed by atoms with Crippen molar-refractivity contribution >= 4 is 5.91 Å². The van der Waals surface area contributed by atoms with Crippen LogP contribution in [-0.2, 0) is 4.79 Å². The van der Waals surface area contributed by atoms with Crippen molar-refractivity contribution in [1.82, 2.24) is 5.32 Å². The highest BCUT2D eigenvalue weighted by Crippen LogP contribution is 2.48. The van der Waals surface area contributed by atoms with Crippen LogP contribution in [0.15, 0.2) is 23.8 Å². The van der Waals surface area contributed by atoms with Crippen molar-refractivity contribution in [2.45, 2.75) is 97.2 Å². The summed E-state index contributed by atoms with van der Waals surface area (Å²) >= 11 is 0. The van der Waals surface area contributed by atoms with Gasteiger partial charge in [0, 0.05) is 18.9 Å². The van der Waals surface area contributed by atoms with Crippen molar-refractivity contribution in [3.8, 4) is 0 Å². The molecule has 0 unspecified atom stereocenters. The van der Waals surface area contributed by atoms with E-state index in [4.69, 9.17) is 0 Å². The zero-order chi connectivity index (χ0) is 21.2. The number of allylic oxidation sites excluding steroid dienone is 2. The summed E-state index contributed by atoms with van der Waals surface area (Å²) in [4.78, 5) is 11.5. The Kier molecular flexibility index (Phi) is 10.4. The summed E-state index contributed by atoms with van der Waals surface area (Å²) in [6.07, 6.45) is 15.7. The van der Waals surface area contributed by atoms with Gasteiger partial charge in [-0.2, -0.15) is 0 Å². The van der Waals surface area contributed by atoms with Crippen LogP contribution >= 0.6 is 0 Å². The van der Waals surface area contributed by atoms with E-state index in [0.717, 1.165) is 38.5 Å². The van der Waals surface area contributed by atoms with Crippen LogP contribution in [0.4, 0.5) is 0 Å². The molecule has 0 aromatic rings. The smallest absolute Gasteiger partial charge is 0.219 e. The highest BCUT2D eigenvalue weighted by atomic mass is 16.3. The summed E-state index contributed by atoms with van der Waals surface area (Å²) in [5.74, 6) is 1.79. The van der Waals surface area contributed by atoms with Crippen molar-refractivity contribution < 1.29 is 15.0 Å². The Bertz CT molecular complexity index is 556. The number of carbonyl (C=O) groups is 1. The second-order valence-corrected chi connectivity index (χ2v) is 9.33. The molecule has 166 valence electrons. The summed E-state index contributed by atoms with van der Waals surface area (Å²) < 4.78 is 0. The number of amides is 1. The molecule has 0 saturated heterocycles.